The normalized spacial score (nSPS) is 12.8. The number of nitrogens with one attached hydrogen (secondary N) is 1. The fraction of sp³-hybridized carbons (Fsp3) is 0.625. The van der Waals surface area contributed by atoms with Crippen LogP contribution in [0.5, 0.6) is 0 Å². The van der Waals surface area contributed by atoms with Gasteiger partial charge in [0.05, 0.1) is 6.61 Å². The van der Waals surface area contributed by atoms with Crippen LogP contribution in [-0.4, -0.2) is 45.3 Å². The van der Waals surface area contributed by atoms with Crippen molar-refractivity contribution in [3.63, 3.8) is 0 Å². The minimum absolute atomic E-state index is 0.168. The Kier molecular flexibility index (Phi) is 8.42. The molecule has 0 radical (unpaired) electrons. The summed E-state index contributed by atoms with van der Waals surface area (Å²) in [6.45, 7) is 5.70. The first-order chi connectivity index (χ1) is 9.67. The van der Waals surface area contributed by atoms with Crippen molar-refractivity contribution in [3.05, 3.63) is 35.6 Å². The van der Waals surface area contributed by atoms with Gasteiger partial charge in [0, 0.05) is 19.7 Å². The number of benzene rings is 1. The van der Waals surface area contributed by atoms with Crippen LogP contribution in [0.15, 0.2) is 24.3 Å². The fourth-order valence-electron chi connectivity index (χ4n) is 2.14. The molecule has 0 saturated heterocycles. The van der Waals surface area contributed by atoms with E-state index in [2.05, 4.69) is 24.2 Å². The third-order valence-electron chi connectivity index (χ3n) is 3.37. The minimum atomic E-state index is -0.168. The quantitative estimate of drug-likeness (QED) is 0.714. The molecule has 3 nitrogen and oxygen atoms in total. The molecule has 114 valence electrons. The summed E-state index contributed by atoms with van der Waals surface area (Å²) in [5.41, 5.74) is 1.03. The van der Waals surface area contributed by atoms with Crippen molar-refractivity contribution in [1.82, 2.24) is 10.2 Å². The standard InChI is InChI=1S/C16H27FN2O/c1-4-9-18-16(8-10-19(2)11-12-20-3)14-6-5-7-15(17)13-14/h5-7,13,16,18H,4,8-12H2,1-3H3. The zero-order chi connectivity index (χ0) is 14.8. The van der Waals surface area contributed by atoms with E-state index in [1.807, 2.05) is 6.07 Å². The Morgan fingerprint density at radius 3 is 2.80 bits per heavy atom. The zero-order valence-electron chi connectivity index (χ0n) is 12.9. The van der Waals surface area contributed by atoms with Gasteiger partial charge in [-0.05, 0) is 50.7 Å². The Balaban J connectivity index is 2.55. The molecule has 1 N–H and O–H groups in total. The molecule has 4 heteroatoms. The van der Waals surface area contributed by atoms with Crippen LogP contribution in [0.25, 0.3) is 0 Å². The van der Waals surface area contributed by atoms with Crippen molar-refractivity contribution >= 4 is 0 Å². The highest BCUT2D eigenvalue weighted by Gasteiger charge is 2.12. The largest absolute Gasteiger partial charge is 0.383 e. The van der Waals surface area contributed by atoms with Gasteiger partial charge in [0.25, 0.3) is 0 Å². The lowest BCUT2D eigenvalue weighted by Gasteiger charge is -2.23. The first-order valence-electron chi connectivity index (χ1n) is 7.33. The average Bonchev–Trinajstić information content (AvgIpc) is 2.45. The molecule has 0 heterocycles. The van der Waals surface area contributed by atoms with Crippen molar-refractivity contribution in [1.29, 1.82) is 0 Å². The van der Waals surface area contributed by atoms with Gasteiger partial charge >= 0.3 is 0 Å². The topological polar surface area (TPSA) is 24.5 Å². The predicted octanol–water partition coefficient (Wildman–Crippen LogP) is 2.83. The molecule has 1 aromatic rings. The van der Waals surface area contributed by atoms with Gasteiger partial charge in [0.15, 0.2) is 0 Å². The number of halogens is 1. The molecule has 1 rings (SSSR count). The molecule has 0 spiro atoms. The highest BCUT2D eigenvalue weighted by Crippen LogP contribution is 2.18. The maximum absolute atomic E-state index is 13.4. The van der Waals surface area contributed by atoms with Crippen molar-refractivity contribution in [2.75, 3.05) is 40.4 Å². The Hall–Kier alpha value is -0.970. The van der Waals surface area contributed by atoms with Crippen LogP contribution >= 0.6 is 0 Å². The highest BCUT2D eigenvalue weighted by atomic mass is 19.1. The molecule has 1 unspecified atom stereocenters. The van der Waals surface area contributed by atoms with E-state index in [-0.39, 0.29) is 11.9 Å². The summed E-state index contributed by atoms with van der Waals surface area (Å²) < 4.78 is 18.4. The van der Waals surface area contributed by atoms with Gasteiger partial charge in [0.1, 0.15) is 5.82 Å². The summed E-state index contributed by atoms with van der Waals surface area (Å²) in [6.07, 6.45) is 2.04. The van der Waals surface area contributed by atoms with Crippen molar-refractivity contribution in [2.45, 2.75) is 25.8 Å². The molecule has 0 aliphatic rings. The number of ether oxygens (including phenoxy) is 1. The first-order valence-corrected chi connectivity index (χ1v) is 7.33. The molecule has 0 aliphatic carbocycles. The van der Waals surface area contributed by atoms with E-state index in [4.69, 9.17) is 4.74 Å². The monoisotopic (exact) mass is 282 g/mol. The van der Waals surface area contributed by atoms with Gasteiger partial charge < -0.3 is 15.0 Å². The average molecular weight is 282 g/mol. The molecular weight excluding hydrogens is 255 g/mol. The van der Waals surface area contributed by atoms with E-state index < -0.39 is 0 Å². The molecule has 1 atom stereocenters. The number of nitrogens with zero attached hydrogens (tertiary/aromatic N) is 1. The number of rotatable bonds is 10. The Labute approximate surface area is 122 Å². The van der Waals surface area contributed by atoms with Crippen LogP contribution in [0.1, 0.15) is 31.4 Å². The van der Waals surface area contributed by atoms with Crippen LogP contribution in [0, 0.1) is 5.82 Å². The lowest BCUT2D eigenvalue weighted by Crippen LogP contribution is -2.29. The number of likely N-dealkylation sites (N-methyl/N-ethyl adjacent to an activating group) is 1. The number of hydrogen-bond donors (Lipinski definition) is 1. The second-order valence-electron chi connectivity index (χ2n) is 5.15. The minimum Gasteiger partial charge on any atom is -0.383 e. The summed E-state index contributed by atoms with van der Waals surface area (Å²) in [4.78, 5) is 2.24. The molecular formula is C16H27FN2O. The predicted molar refractivity (Wildman–Crippen MR) is 81.4 cm³/mol. The number of hydrogen-bond acceptors (Lipinski definition) is 3. The SMILES string of the molecule is CCCNC(CCN(C)CCOC)c1cccc(F)c1. The van der Waals surface area contributed by atoms with E-state index in [1.54, 1.807) is 19.2 Å². The third-order valence-corrected chi connectivity index (χ3v) is 3.37. The van der Waals surface area contributed by atoms with E-state index in [9.17, 15) is 4.39 Å². The maximum atomic E-state index is 13.4. The second kappa shape index (κ2) is 9.86. The molecule has 0 aromatic heterocycles. The van der Waals surface area contributed by atoms with Crippen molar-refractivity contribution < 1.29 is 9.13 Å². The Morgan fingerprint density at radius 2 is 2.15 bits per heavy atom. The second-order valence-corrected chi connectivity index (χ2v) is 5.15. The lowest BCUT2D eigenvalue weighted by molar-refractivity contribution is 0.158. The Bertz CT molecular complexity index is 373. The van der Waals surface area contributed by atoms with E-state index in [0.29, 0.717) is 0 Å². The molecule has 0 amide bonds. The van der Waals surface area contributed by atoms with Gasteiger partial charge in [-0.25, -0.2) is 4.39 Å². The maximum Gasteiger partial charge on any atom is 0.123 e. The third kappa shape index (κ3) is 6.46. The van der Waals surface area contributed by atoms with Gasteiger partial charge in [-0.3, -0.25) is 0 Å². The molecule has 0 fully saturated rings. The molecule has 20 heavy (non-hydrogen) atoms. The van der Waals surface area contributed by atoms with E-state index in [1.165, 1.54) is 6.07 Å². The lowest BCUT2D eigenvalue weighted by atomic mass is 10.0. The van der Waals surface area contributed by atoms with Crippen LogP contribution in [0.4, 0.5) is 4.39 Å². The Morgan fingerprint density at radius 1 is 1.35 bits per heavy atom. The summed E-state index contributed by atoms with van der Waals surface area (Å²) in [6, 6.07) is 7.09. The summed E-state index contributed by atoms with van der Waals surface area (Å²) >= 11 is 0. The van der Waals surface area contributed by atoms with Gasteiger partial charge in [-0.1, -0.05) is 19.1 Å². The van der Waals surface area contributed by atoms with Crippen LogP contribution in [0.3, 0.4) is 0 Å². The van der Waals surface area contributed by atoms with E-state index in [0.717, 1.165) is 44.6 Å². The van der Waals surface area contributed by atoms with Gasteiger partial charge in [0.2, 0.25) is 0 Å². The number of methoxy groups -OCH3 is 1. The highest BCUT2D eigenvalue weighted by molar-refractivity contribution is 5.20. The van der Waals surface area contributed by atoms with Gasteiger partial charge in [-0.2, -0.15) is 0 Å². The fourth-order valence-corrected chi connectivity index (χ4v) is 2.14. The van der Waals surface area contributed by atoms with Crippen molar-refractivity contribution in [2.24, 2.45) is 0 Å². The molecule has 0 bridgehead atoms. The van der Waals surface area contributed by atoms with Crippen LogP contribution in [-0.2, 0) is 4.74 Å². The van der Waals surface area contributed by atoms with Gasteiger partial charge in [-0.15, -0.1) is 0 Å². The molecule has 0 aliphatic heterocycles. The summed E-state index contributed by atoms with van der Waals surface area (Å²) in [7, 11) is 3.80. The molecule has 0 saturated carbocycles. The smallest absolute Gasteiger partial charge is 0.123 e. The molecule has 1 aromatic carbocycles. The van der Waals surface area contributed by atoms with Crippen LogP contribution < -0.4 is 5.32 Å². The first kappa shape index (κ1) is 17.1. The zero-order valence-corrected chi connectivity index (χ0v) is 12.9. The van der Waals surface area contributed by atoms with E-state index >= 15 is 0 Å². The summed E-state index contributed by atoms with van der Waals surface area (Å²) in [5.74, 6) is -0.168. The van der Waals surface area contributed by atoms with Crippen molar-refractivity contribution in [3.8, 4) is 0 Å². The summed E-state index contributed by atoms with van der Waals surface area (Å²) in [5, 5.41) is 3.50. The van der Waals surface area contributed by atoms with Crippen LogP contribution in [0.2, 0.25) is 0 Å².